The Labute approximate surface area is 125 Å². The third kappa shape index (κ3) is 3.08. The highest BCUT2D eigenvalue weighted by molar-refractivity contribution is 7.18. The van der Waals surface area contributed by atoms with Gasteiger partial charge in [-0.15, -0.1) is 11.3 Å². The summed E-state index contributed by atoms with van der Waals surface area (Å²) in [5.74, 6) is -1.21. The SMILES string of the molecule is O=C(OCCc1nc2ccccc2s1)c1ccccc1F. The molecule has 3 nitrogen and oxygen atoms in total. The number of nitrogens with zero attached hydrogens (tertiary/aromatic N) is 1. The predicted octanol–water partition coefficient (Wildman–Crippen LogP) is 3.83. The van der Waals surface area contributed by atoms with Crippen molar-refractivity contribution >= 4 is 27.5 Å². The Bertz CT molecular complexity index is 752. The molecule has 0 fully saturated rings. The maximum absolute atomic E-state index is 13.4. The summed E-state index contributed by atoms with van der Waals surface area (Å²) in [6, 6.07) is 13.6. The summed E-state index contributed by atoms with van der Waals surface area (Å²) < 4.78 is 19.6. The number of hydrogen-bond donors (Lipinski definition) is 0. The molecule has 0 aliphatic heterocycles. The minimum atomic E-state index is -0.644. The van der Waals surface area contributed by atoms with Gasteiger partial charge in [0.25, 0.3) is 0 Å². The van der Waals surface area contributed by atoms with Gasteiger partial charge in [-0.25, -0.2) is 14.2 Å². The number of para-hydroxylation sites is 1. The van der Waals surface area contributed by atoms with Crippen LogP contribution in [0.25, 0.3) is 10.2 Å². The van der Waals surface area contributed by atoms with E-state index in [1.165, 1.54) is 18.2 Å². The Morgan fingerprint density at radius 1 is 1.14 bits per heavy atom. The van der Waals surface area contributed by atoms with Crippen molar-refractivity contribution in [2.75, 3.05) is 6.61 Å². The van der Waals surface area contributed by atoms with Gasteiger partial charge in [-0.1, -0.05) is 24.3 Å². The van der Waals surface area contributed by atoms with Gasteiger partial charge in [0.15, 0.2) is 0 Å². The molecule has 0 saturated heterocycles. The number of aromatic nitrogens is 1. The zero-order valence-corrected chi connectivity index (χ0v) is 11.9. The van der Waals surface area contributed by atoms with Gasteiger partial charge in [0.1, 0.15) is 5.82 Å². The lowest BCUT2D eigenvalue weighted by molar-refractivity contribution is 0.0504. The topological polar surface area (TPSA) is 39.2 Å². The molecule has 1 heterocycles. The van der Waals surface area contributed by atoms with Gasteiger partial charge in [0.2, 0.25) is 0 Å². The van der Waals surface area contributed by atoms with Crippen molar-refractivity contribution in [2.24, 2.45) is 0 Å². The van der Waals surface area contributed by atoms with Crippen LogP contribution in [-0.2, 0) is 11.2 Å². The minimum Gasteiger partial charge on any atom is -0.462 e. The lowest BCUT2D eigenvalue weighted by Crippen LogP contribution is -2.09. The van der Waals surface area contributed by atoms with Crippen molar-refractivity contribution in [3.05, 3.63) is 64.9 Å². The molecular weight excluding hydrogens is 289 g/mol. The molecule has 0 aliphatic rings. The second-order valence-electron chi connectivity index (χ2n) is 4.44. The van der Waals surface area contributed by atoms with Gasteiger partial charge in [0.05, 0.1) is 27.4 Å². The molecule has 0 amide bonds. The molecule has 0 unspecified atom stereocenters. The number of rotatable bonds is 4. The Hall–Kier alpha value is -2.27. The molecule has 0 atom stereocenters. The first-order valence-corrected chi connectivity index (χ1v) is 7.32. The fourth-order valence-electron chi connectivity index (χ4n) is 1.96. The first-order valence-electron chi connectivity index (χ1n) is 6.50. The van der Waals surface area contributed by atoms with Crippen molar-refractivity contribution in [3.63, 3.8) is 0 Å². The minimum absolute atomic E-state index is 0.0400. The highest BCUT2D eigenvalue weighted by atomic mass is 32.1. The summed E-state index contributed by atoms with van der Waals surface area (Å²) in [5.41, 5.74) is 0.903. The first kappa shape index (κ1) is 13.7. The number of fused-ring (bicyclic) bond motifs is 1. The number of esters is 1. The van der Waals surface area contributed by atoms with Crippen LogP contribution in [0.15, 0.2) is 48.5 Å². The van der Waals surface area contributed by atoms with Gasteiger partial charge in [-0.2, -0.15) is 0 Å². The number of ether oxygens (including phenoxy) is 1. The van der Waals surface area contributed by atoms with E-state index >= 15 is 0 Å². The van der Waals surface area contributed by atoms with Crippen molar-refractivity contribution < 1.29 is 13.9 Å². The predicted molar refractivity (Wildman–Crippen MR) is 80.0 cm³/mol. The lowest BCUT2D eigenvalue weighted by atomic mass is 10.2. The van der Waals surface area contributed by atoms with Crippen LogP contribution in [0.4, 0.5) is 4.39 Å². The maximum Gasteiger partial charge on any atom is 0.341 e. The van der Waals surface area contributed by atoms with E-state index in [4.69, 9.17) is 4.74 Å². The average Bonchev–Trinajstić information content (AvgIpc) is 2.90. The monoisotopic (exact) mass is 301 g/mol. The molecule has 0 radical (unpaired) electrons. The summed E-state index contributed by atoms with van der Waals surface area (Å²) in [6.45, 7) is 0.187. The van der Waals surface area contributed by atoms with E-state index in [1.54, 1.807) is 17.4 Å². The molecule has 0 N–H and O–H groups in total. The maximum atomic E-state index is 13.4. The van der Waals surface area contributed by atoms with Crippen molar-refractivity contribution in [1.29, 1.82) is 0 Å². The molecule has 21 heavy (non-hydrogen) atoms. The Kier molecular flexibility index (Phi) is 3.92. The Morgan fingerprint density at radius 3 is 2.71 bits per heavy atom. The van der Waals surface area contributed by atoms with Crippen LogP contribution in [0, 0.1) is 5.82 Å². The molecule has 3 rings (SSSR count). The number of carbonyl (C=O) groups excluding carboxylic acids is 1. The molecule has 0 bridgehead atoms. The third-order valence-corrected chi connectivity index (χ3v) is 4.08. The van der Waals surface area contributed by atoms with Crippen LogP contribution in [0.1, 0.15) is 15.4 Å². The fraction of sp³-hybridized carbons (Fsp3) is 0.125. The summed E-state index contributed by atoms with van der Waals surface area (Å²) in [4.78, 5) is 16.2. The second-order valence-corrected chi connectivity index (χ2v) is 5.56. The van der Waals surface area contributed by atoms with Crippen LogP contribution >= 0.6 is 11.3 Å². The zero-order chi connectivity index (χ0) is 14.7. The van der Waals surface area contributed by atoms with E-state index in [-0.39, 0.29) is 12.2 Å². The first-order chi connectivity index (χ1) is 10.2. The molecule has 106 valence electrons. The van der Waals surface area contributed by atoms with Crippen LogP contribution in [0.5, 0.6) is 0 Å². The van der Waals surface area contributed by atoms with E-state index in [9.17, 15) is 9.18 Å². The van der Waals surface area contributed by atoms with Crippen LogP contribution in [0.2, 0.25) is 0 Å². The number of hydrogen-bond acceptors (Lipinski definition) is 4. The normalized spacial score (nSPS) is 10.7. The summed E-state index contributed by atoms with van der Waals surface area (Å²) in [5, 5.41) is 0.900. The van der Waals surface area contributed by atoms with E-state index in [1.807, 2.05) is 24.3 Å². The van der Waals surface area contributed by atoms with Crippen molar-refractivity contribution in [2.45, 2.75) is 6.42 Å². The van der Waals surface area contributed by atoms with Crippen LogP contribution in [0.3, 0.4) is 0 Å². The molecule has 5 heteroatoms. The zero-order valence-electron chi connectivity index (χ0n) is 11.1. The Balaban J connectivity index is 1.61. The third-order valence-electron chi connectivity index (χ3n) is 2.98. The lowest BCUT2D eigenvalue weighted by Gasteiger charge is -2.04. The van der Waals surface area contributed by atoms with E-state index in [2.05, 4.69) is 4.98 Å². The summed E-state index contributed by atoms with van der Waals surface area (Å²) >= 11 is 1.57. The van der Waals surface area contributed by atoms with Crippen molar-refractivity contribution in [3.8, 4) is 0 Å². The number of thiazole rings is 1. The highest BCUT2D eigenvalue weighted by Gasteiger charge is 2.12. The average molecular weight is 301 g/mol. The van der Waals surface area contributed by atoms with Gasteiger partial charge in [-0.3, -0.25) is 0 Å². The Morgan fingerprint density at radius 2 is 1.90 bits per heavy atom. The molecule has 1 aromatic heterocycles. The fourth-order valence-corrected chi connectivity index (χ4v) is 2.91. The molecule has 0 saturated carbocycles. The van der Waals surface area contributed by atoms with Gasteiger partial charge in [-0.05, 0) is 24.3 Å². The van der Waals surface area contributed by atoms with Crippen molar-refractivity contribution in [1.82, 2.24) is 4.98 Å². The number of benzene rings is 2. The molecule has 2 aromatic carbocycles. The van der Waals surface area contributed by atoms with Gasteiger partial charge >= 0.3 is 5.97 Å². The smallest absolute Gasteiger partial charge is 0.341 e. The quantitative estimate of drug-likeness (QED) is 0.687. The molecule has 3 aromatic rings. The van der Waals surface area contributed by atoms with E-state index in [0.29, 0.717) is 6.42 Å². The molecule has 0 spiro atoms. The summed E-state index contributed by atoms with van der Waals surface area (Å²) in [6.07, 6.45) is 0.527. The molecular formula is C16H12FNO2S. The number of halogens is 1. The van der Waals surface area contributed by atoms with Crippen LogP contribution in [-0.4, -0.2) is 17.6 Å². The standard InChI is InChI=1S/C16H12FNO2S/c17-12-6-2-1-5-11(12)16(19)20-10-9-15-18-13-7-3-4-8-14(13)21-15/h1-8H,9-10H2. The van der Waals surface area contributed by atoms with E-state index < -0.39 is 11.8 Å². The van der Waals surface area contributed by atoms with Gasteiger partial charge in [0, 0.05) is 6.42 Å². The van der Waals surface area contributed by atoms with Gasteiger partial charge < -0.3 is 4.74 Å². The number of carbonyl (C=O) groups is 1. The highest BCUT2D eigenvalue weighted by Crippen LogP contribution is 2.21. The largest absolute Gasteiger partial charge is 0.462 e. The second kappa shape index (κ2) is 6.01. The van der Waals surface area contributed by atoms with Crippen LogP contribution < -0.4 is 0 Å². The molecule has 0 aliphatic carbocycles. The summed E-state index contributed by atoms with van der Waals surface area (Å²) in [7, 11) is 0. The van der Waals surface area contributed by atoms with E-state index in [0.717, 1.165) is 15.2 Å².